The van der Waals surface area contributed by atoms with Gasteiger partial charge in [-0.1, -0.05) is 12.5 Å². The smallest absolute Gasteiger partial charge is 0.387 e. The molecule has 2 fully saturated rings. The molecule has 1 aromatic carbocycles. The van der Waals surface area contributed by atoms with Gasteiger partial charge in [-0.05, 0) is 42.2 Å². The Kier molecular flexibility index (Phi) is 5.57. The first kappa shape index (κ1) is 23.0. The Morgan fingerprint density at radius 1 is 1.26 bits per heavy atom. The molecule has 184 valence electrons. The van der Waals surface area contributed by atoms with Gasteiger partial charge in [-0.25, -0.2) is 8.91 Å². The molecule has 3 aromatic rings. The van der Waals surface area contributed by atoms with Crippen molar-refractivity contribution in [2.24, 2.45) is 5.73 Å². The van der Waals surface area contributed by atoms with Gasteiger partial charge in [-0.15, -0.1) is 0 Å². The number of nitrogens with one attached hydrogen (secondary N) is 1. The topological polar surface area (TPSA) is 108 Å². The maximum Gasteiger partial charge on any atom is 0.387 e. The number of benzene rings is 1. The summed E-state index contributed by atoms with van der Waals surface area (Å²) >= 11 is 0. The van der Waals surface area contributed by atoms with Crippen LogP contribution in [0, 0.1) is 0 Å². The molecule has 0 unspecified atom stereocenters. The first-order valence-electron chi connectivity index (χ1n) is 11.1. The van der Waals surface area contributed by atoms with Gasteiger partial charge in [0.05, 0.1) is 30.3 Å². The van der Waals surface area contributed by atoms with Crippen LogP contribution in [0.1, 0.15) is 41.6 Å². The van der Waals surface area contributed by atoms with Crippen LogP contribution in [-0.2, 0) is 10.2 Å². The van der Waals surface area contributed by atoms with Gasteiger partial charge >= 0.3 is 6.61 Å². The maximum atomic E-state index is 13.3. The van der Waals surface area contributed by atoms with Crippen molar-refractivity contribution >= 4 is 17.3 Å². The Bertz CT molecular complexity index is 1320. The molecule has 0 aliphatic heterocycles. The lowest BCUT2D eigenvalue weighted by Gasteiger charge is -2.39. The summed E-state index contributed by atoms with van der Waals surface area (Å²) in [6.07, 6.45) is 4.52. The van der Waals surface area contributed by atoms with Gasteiger partial charge in [0.15, 0.2) is 0 Å². The van der Waals surface area contributed by atoms with E-state index in [9.17, 15) is 22.8 Å². The summed E-state index contributed by atoms with van der Waals surface area (Å²) in [5.74, 6) is -1.56. The number of carbonyl (C=O) groups is 2. The second-order valence-corrected chi connectivity index (χ2v) is 8.87. The molecule has 3 N–H and O–H groups in total. The number of nitrogens with two attached hydrogens (primary N) is 1. The van der Waals surface area contributed by atoms with Gasteiger partial charge in [-0.2, -0.15) is 13.9 Å². The lowest BCUT2D eigenvalue weighted by molar-refractivity contribution is -0.126. The summed E-state index contributed by atoms with van der Waals surface area (Å²) in [6.45, 7) is -3.20. The normalized spacial score (nSPS) is 20.4. The average Bonchev–Trinajstić information content (AvgIpc) is 3.29. The molecule has 2 aliphatic rings. The number of hydrogen-bond donors (Lipinski definition) is 2. The van der Waals surface area contributed by atoms with E-state index in [1.807, 2.05) is 6.07 Å². The number of rotatable bonds is 8. The molecule has 35 heavy (non-hydrogen) atoms. The van der Waals surface area contributed by atoms with Gasteiger partial charge < -0.3 is 20.5 Å². The van der Waals surface area contributed by atoms with Crippen molar-refractivity contribution in [1.29, 1.82) is 0 Å². The van der Waals surface area contributed by atoms with Crippen LogP contribution in [0.25, 0.3) is 16.6 Å². The first-order valence-corrected chi connectivity index (χ1v) is 11.1. The molecule has 2 atom stereocenters. The van der Waals surface area contributed by atoms with E-state index in [4.69, 9.17) is 10.5 Å². The average molecular weight is 488 g/mol. The van der Waals surface area contributed by atoms with E-state index in [2.05, 4.69) is 15.2 Å². The molecular formula is C24H23F3N4O4. The highest BCUT2D eigenvalue weighted by atomic mass is 19.3. The van der Waals surface area contributed by atoms with Gasteiger partial charge in [0.25, 0.3) is 5.91 Å². The van der Waals surface area contributed by atoms with Crippen LogP contribution in [0.3, 0.4) is 0 Å². The molecule has 0 saturated heterocycles. The van der Waals surface area contributed by atoms with Crippen molar-refractivity contribution in [3.05, 3.63) is 47.8 Å². The Morgan fingerprint density at radius 3 is 2.54 bits per heavy atom. The molecule has 11 heteroatoms. The van der Waals surface area contributed by atoms with E-state index >= 15 is 0 Å². The molecule has 0 bridgehead atoms. The number of amides is 2. The molecule has 2 saturated carbocycles. The second-order valence-electron chi connectivity index (χ2n) is 8.87. The summed E-state index contributed by atoms with van der Waals surface area (Å²) in [7, 11) is 1.29. The minimum atomic E-state index is -3.20. The lowest BCUT2D eigenvalue weighted by Crippen LogP contribution is -2.46. The minimum Gasteiger partial charge on any atom is -0.496 e. The van der Waals surface area contributed by atoms with Gasteiger partial charge in [-0.3, -0.25) is 9.59 Å². The number of nitrogens with zero attached hydrogens (tertiary/aromatic N) is 2. The molecule has 2 amide bonds. The largest absolute Gasteiger partial charge is 0.496 e. The van der Waals surface area contributed by atoms with Crippen LogP contribution in [0.2, 0.25) is 0 Å². The second kappa shape index (κ2) is 8.47. The third-order valence-electron chi connectivity index (χ3n) is 6.82. The van der Waals surface area contributed by atoms with Gasteiger partial charge in [0.2, 0.25) is 5.91 Å². The van der Waals surface area contributed by atoms with Crippen LogP contribution in [0.5, 0.6) is 11.5 Å². The summed E-state index contributed by atoms with van der Waals surface area (Å²) in [4.78, 5) is 24.8. The number of primary amides is 1. The molecule has 2 heterocycles. The number of hydrogen-bond acceptors (Lipinski definition) is 5. The van der Waals surface area contributed by atoms with Gasteiger partial charge in [0, 0.05) is 18.2 Å². The van der Waals surface area contributed by atoms with E-state index in [0.717, 1.165) is 12.0 Å². The summed E-state index contributed by atoms with van der Waals surface area (Å²) in [5.41, 5.74) is 7.08. The SMILES string of the molecule is COc1cc(-c2cnn3cc(C4(C(N)=O)CCC4)ccc23)cc(OC(F)F)c1C(=O)N[C@@H]1C[C@@H]1F. The fraction of sp³-hybridized carbons (Fsp3) is 0.375. The fourth-order valence-corrected chi connectivity index (χ4v) is 4.57. The molecule has 0 spiro atoms. The van der Waals surface area contributed by atoms with Crippen molar-refractivity contribution in [3.8, 4) is 22.6 Å². The Balaban J connectivity index is 1.56. The highest BCUT2D eigenvalue weighted by molar-refractivity contribution is 6.01. The standard InChI is InChI=1S/C24H23F3N4O4/c1-34-18-7-12(8-19(35-23(26)27)20(18)21(32)30-16-9-15(16)25)14-10-29-31-11-13(3-4-17(14)31)24(22(28)33)5-2-6-24/h3-4,7-8,10-11,15-16,23H,2,5-6,9H2,1H3,(H2,28,33)(H,30,32)/t15-,16+/m0/s1. The van der Waals surface area contributed by atoms with Crippen molar-refractivity contribution < 1.29 is 32.2 Å². The Morgan fingerprint density at radius 2 is 1.97 bits per heavy atom. The van der Waals surface area contributed by atoms with Crippen LogP contribution in [0.15, 0.2) is 36.7 Å². The minimum absolute atomic E-state index is 0.00942. The lowest BCUT2D eigenvalue weighted by atomic mass is 9.64. The molecule has 2 aromatic heterocycles. The highest BCUT2D eigenvalue weighted by Gasteiger charge is 2.44. The number of methoxy groups -OCH3 is 1. The summed E-state index contributed by atoms with van der Waals surface area (Å²) < 4.78 is 51.3. The van der Waals surface area contributed by atoms with Crippen LogP contribution in [0.4, 0.5) is 13.2 Å². The number of pyridine rings is 1. The third-order valence-corrected chi connectivity index (χ3v) is 6.82. The van der Waals surface area contributed by atoms with Gasteiger partial charge in [0.1, 0.15) is 23.2 Å². The van der Waals surface area contributed by atoms with E-state index in [1.165, 1.54) is 25.4 Å². The van der Waals surface area contributed by atoms with Crippen molar-refractivity contribution in [1.82, 2.24) is 14.9 Å². The monoisotopic (exact) mass is 488 g/mol. The van der Waals surface area contributed by atoms with E-state index < -0.39 is 35.9 Å². The van der Waals surface area contributed by atoms with E-state index in [1.54, 1.807) is 16.8 Å². The number of halogens is 3. The molecular weight excluding hydrogens is 465 g/mol. The zero-order valence-corrected chi connectivity index (χ0v) is 18.8. The highest BCUT2D eigenvalue weighted by Crippen LogP contribution is 2.44. The van der Waals surface area contributed by atoms with Crippen LogP contribution >= 0.6 is 0 Å². The summed E-state index contributed by atoms with van der Waals surface area (Å²) in [5, 5.41) is 6.82. The van der Waals surface area contributed by atoms with Crippen molar-refractivity contribution in [2.75, 3.05) is 7.11 Å². The van der Waals surface area contributed by atoms with Crippen LogP contribution in [-0.4, -0.2) is 47.4 Å². The third kappa shape index (κ3) is 3.94. The number of fused-ring (bicyclic) bond motifs is 1. The number of aromatic nitrogens is 2. The van der Waals surface area contributed by atoms with E-state index in [-0.39, 0.29) is 23.6 Å². The zero-order valence-electron chi connectivity index (χ0n) is 18.8. The number of ether oxygens (including phenoxy) is 2. The molecule has 8 nitrogen and oxygen atoms in total. The predicted octanol–water partition coefficient (Wildman–Crippen LogP) is 3.36. The van der Waals surface area contributed by atoms with Crippen LogP contribution < -0.4 is 20.5 Å². The zero-order chi connectivity index (χ0) is 24.9. The Hall–Kier alpha value is -3.76. The first-order chi connectivity index (χ1) is 16.7. The van der Waals surface area contributed by atoms with Crippen molar-refractivity contribution in [3.63, 3.8) is 0 Å². The number of carbonyl (C=O) groups excluding carboxylic acids is 2. The molecule has 5 rings (SSSR count). The Labute approximate surface area is 198 Å². The molecule has 2 aliphatic carbocycles. The van der Waals surface area contributed by atoms with Crippen molar-refractivity contribution in [2.45, 2.75) is 49.9 Å². The molecule has 0 radical (unpaired) electrons. The predicted molar refractivity (Wildman–Crippen MR) is 119 cm³/mol. The quantitative estimate of drug-likeness (QED) is 0.506. The summed E-state index contributed by atoms with van der Waals surface area (Å²) in [6, 6.07) is 5.72. The van der Waals surface area contributed by atoms with E-state index in [0.29, 0.717) is 29.5 Å². The number of alkyl halides is 3. The maximum absolute atomic E-state index is 13.3. The fourth-order valence-electron chi connectivity index (χ4n) is 4.57.